The zero-order valence-electron chi connectivity index (χ0n) is 12.5. The Morgan fingerprint density at radius 3 is 2.90 bits per heavy atom. The first-order chi connectivity index (χ1) is 10.3. The second-order valence-electron chi connectivity index (χ2n) is 5.69. The van der Waals surface area contributed by atoms with Gasteiger partial charge in [-0.15, -0.1) is 11.3 Å². The van der Waals surface area contributed by atoms with E-state index in [1.54, 1.807) is 10.4 Å². The number of thiophene rings is 1. The van der Waals surface area contributed by atoms with E-state index in [0.29, 0.717) is 0 Å². The SMILES string of the molecule is CCCNC(c1ccc(Br)o1)c1cc2c(s1)CCCCC2. The lowest BCUT2D eigenvalue weighted by Crippen LogP contribution is -2.21. The van der Waals surface area contributed by atoms with Crippen LogP contribution in [0.5, 0.6) is 0 Å². The van der Waals surface area contributed by atoms with E-state index in [1.165, 1.54) is 37.0 Å². The van der Waals surface area contributed by atoms with Crippen molar-refractivity contribution in [2.24, 2.45) is 0 Å². The van der Waals surface area contributed by atoms with Gasteiger partial charge in [-0.25, -0.2) is 0 Å². The van der Waals surface area contributed by atoms with Gasteiger partial charge in [-0.1, -0.05) is 13.3 Å². The number of halogens is 1. The van der Waals surface area contributed by atoms with Crippen LogP contribution in [0.3, 0.4) is 0 Å². The van der Waals surface area contributed by atoms with Crippen LogP contribution in [0.25, 0.3) is 0 Å². The normalized spacial score (nSPS) is 16.5. The number of aryl methyl sites for hydroxylation is 2. The Kier molecular flexibility index (Phi) is 5.19. The van der Waals surface area contributed by atoms with Crippen LogP contribution in [0.2, 0.25) is 0 Å². The van der Waals surface area contributed by atoms with Crippen molar-refractivity contribution in [2.45, 2.75) is 51.5 Å². The number of fused-ring (bicyclic) bond motifs is 1. The fourth-order valence-corrected chi connectivity index (χ4v) is 4.61. The maximum atomic E-state index is 5.81. The van der Waals surface area contributed by atoms with Gasteiger partial charge in [0.15, 0.2) is 4.67 Å². The van der Waals surface area contributed by atoms with Crippen LogP contribution in [-0.4, -0.2) is 6.54 Å². The van der Waals surface area contributed by atoms with Crippen molar-refractivity contribution in [2.75, 3.05) is 6.54 Å². The van der Waals surface area contributed by atoms with Crippen molar-refractivity contribution in [1.29, 1.82) is 0 Å². The van der Waals surface area contributed by atoms with Gasteiger partial charge in [-0.2, -0.15) is 0 Å². The first-order valence-electron chi connectivity index (χ1n) is 7.88. The fourth-order valence-electron chi connectivity index (χ4n) is 2.95. The summed E-state index contributed by atoms with van der Waals surface area (Å²) < 4.78 is 6.62. The summed E-state index contributed by atoms with van der Waals surface area (Å²) in [6.45, 7) is 3.21. The molecule has 2 nitrogen and oxygen atoms in total. The van der Waals surface area contributed by atoms with E-state index in [-0.39, 0.29) is 6.04 Å². The predicted octanol–water partition coefficient (Wildman–Crippen LogP) is 5.46. The van der Waals surface area contributed by atoms with Crippen molar-refractivity contribution < 1.29 is 4.42 Å². The monoisotopic (exact) mass is 367 g/mol. The van der Waals surface area contributed by atoms with Gasteiger partial charge >= 0.3 is 0 Å². The number of nitrogens with one attached hydrogen (secondary N) is 1. The molecule has 2 heterocycles. The lowest BCUT2D eigenvalue weighted by atomic mass is 10.1. The molecule has 0 aliphatic heterocycles. The zero-order valence-corrected chi connectivity index (χ0v) is 14.9. The van der Waals surface area contributed by atoms with E-state index < -0.39 is 0 Å². The maximum Gasteiger partial charge on any atom is 0.169 e. The summed E-state index contributed by atoms with van der Waals surface area (Å²) >= 11 is 5.39. The molecule has 3 rings (SSSR count). The molecular weight excluding hydrogens is 346 g/mol. The minimum absolute atomic E-state index is 0.188. The second kappa shape index (κ2) is 7.12. The van der Waals surface area contributed by atoms with Crippen molar-refractivity contribution in [3.05, 3.63) is 43.9 Å². The molecule has 1 aliphatic carbocycles. The summed E-state index contributed by atoms with van der Waals surface area (Å²) in [6, 6.07) is 6.65. The third-order valence-corrected chi connectivity index (χ3v) is 5.76. The van der Waals surface area contributed by atoms with Gasteiger partial charge in [0, 0.05) is 9.75 Å². The summed E-state index contributed by atoms with van der Waals surface area (Å²) in [5, 5.41) is 3.64. The van der Waals surface area contributed by atoms with Crippen LogP contribution < -0.4 is 5.32 Å². The molecule has 0 fully saturated rings. The van der Waals surface area contributed by atoms with Crippen LogP contribution in [0, 0.1) is 0 Å². The van der Waals surface area contributed by atoms with Gasteiger partial charge in [0.25, 0.3) is 0 Å². The molecule has 114 valence electrons. The quantitative estimate of drug-likeness (QED) is 0.709. The standard InChI is InChI=1S/C17H22BrNOS/c1-2-10-19-17(13-8-9-16(18)20-13)15-11-12-6-4-3-5-7-14(12)21-15/h8-9,11,17,19H,2-7,10H2,1H3. The number of hydrogen-bond acceptors (Lipinski definition) is 3. The lowest BCUT2D eigenvalue weighted by molar-refractivity contribution is 0.435. The molecule has 1 atom stereocenters. The maximum absolute atomic E-state index is 5.81. The van der Waals surface area contributed by atoms with Crippen LogP contribution in [0.1, 0.15) is 59.7 Å². The largest absolute Gasteiger partial charge is 0.452 e. The Morgan fingerprint density at radius 2 is 2.14 bits per heavy atom. The van der Waals surface area contributed by atoms with Crippen molar-refractivity contribution in [1.82, 2.24) is 5.32 Å². The molecule has 2 aromatic rings. The molecule has 0 amide bonds. The third kappa shape index (κ3) is 3.61. The van der Waals surface area contributed by atoms with Gasteiger partial charge in [-0.05, 0) is 78.3 Å². The molecule has 0 aromatic carbocycles. The Labute approximate surface area is 139 Å². The van der Waals surface area contributed by atoms with Crippen molar-refractivity contribution in [3.63, 3.8) is 0 Å². The van der Waals surface area contributed by atoms with E-state index >= 15 is 0 Å². The van der Waals surface area contributed by atoms with Gasteiger partial charge < -0.3 is 9.73 Å². The van der Waals surface area contributed by atoms with E-state index in [4.69, 9.17) is 4.42 Å². The van der Waals surface area contributed by atoms with Crippen molar-refractivity contribution >= 4 is 27.3 Å². The van der Waals surface area contributed by atoms with Crippen LogP contribution in [0.4, 0.5) is 0 Å². The molecule has 0 spiro atoms. The first kappa shape index (κ1) is 15.3. The Balaban J connectivity index is 1.89. The van der Waals surface area contributed by atoms with Crippen molar-refractivity contribution in [3.8, 4) is 0 Å². The molecule has 2 aromatic heterocycles. The van der Waals surface area contributed by atoms with E-state index in [2.05, 4.69) is 40.3 Å². The fraction of sp³-hybridized carbons (Fsp3) is 0.529. The smallest absolute Gasteiger partial charge is 0.169 e. The second-order valence-corrected chi connectivity index (χ2v) is 7.64. The highest BCUT2D eigenvalue weighted by Crippen LogP contribution is 2.35. The minimum Gasteiger partial charge on any atom is -0.452 e. The van der Waals surface area contributed by atoms with Gasteiger partial charge in [-0.3, -0.25) is 0 Å². The highest BCUT2D eigenvalue weighted by Gasteiger charge is 2.22. The summed E-state index contributed by atoms with van der Waals surface area (Å²) in [6.07, 6.45) is 7.67. The molecular formula is C17H22BrNOS. The highest BCUT2D eigenvalue weighted by atomic mass is 79.9. The molecule has 0 saturated carbocycles. The molecule has 1 N–H and O–H groups in total. The molecule has 21 heavy (non-hydrogen) atoms. The summed E-state index contributed by atoms with van der Waals surface area (Å²) in [5.74, 6) is 1.01. The molecule has 0 radical (unpaired) electrons. The van der Waals surface area contributed by atoms with Gasteiger partial charge in [0.2, 0.25) is 0 Å². The highest BCUT2D eigenvalue weighted by molar-refractivity contribution is 9.10. The first-order valence-corrected chi connectivity index (χ1v) is 9.49. The average Bonchev–Trinajstić information content (AvgIpc) is 3.01. The van der Waals surface area contributed by atoms with Crippen LogP contribution in [0.15, 0.2) is 27.3 Å². The topological polar surface area (TPSA) is 25.2 Å². The number of rotatable bonds is 5. The summed E-state index contributed by atoms with van der Waals surface area (Å²) in [4.78, 5) is 2.99. The molecule has 1 unspecified atom stereocenters. The summed E-state index contributed by atoms with van der Waals surface area (Å²) in [7, 11) is 0. The van der Waals surface area contributed by atoms with E-state index in [9.17, 15) is 0 Å². The van der Waals surface area contributed by atoms with Crippen LogP contribution in [-0.2, 0) is 12.8 Å². The van der Waals surface area contributed by atoms with E-state index in [0.717, 1.165) is 23.4 Å². The zero-order chi connectivity index (χ0) is 14.7. The molecule has 0 saturated heterocycles. The Bertz CT molecular complexity index is 566. The predicted molar refractivity (Wildman–Crippen MR) is 92.1 cm³/mol. The average molecular weight is 368 g/mol. The summed E-state index contributed by atoms with van der Waals surface area (Å²) in [5.41, 5.74) is 1.57. The number of hydrogen-bond donors (Lipinski definition) is 1. The minimum atomic E-state index is 0.188. The third-order valence-electron chi connectivity index (χ3n) is 4.03. The Morgan fingerprint density at radius 1 is 1.29 bits per heavy atom. The van der Waals surface area contributed by atoms with Crippen LogP contribution >= 0.6 is 27.3 Å². The molecule has 0 bridgehead atoms. The molecule has 1 aliphatic rings. The Hall–Kier alpha value is -0.580. The van der Waals surface area contributed by atoms with E-state index in [1.807, 2.05) is 17.4 Å². The molecule has 4 heteroatoms. The van der Waals surface area contributed by atoms with Gasteiger partial charge in [0.05, 0.1) is 0 Å². The number of furan rings is 1. The lowest BCUT2D eigenvalue weighted by Gasteiger charge is -2.14. The van der Waals surface area contributed by atoms with Gasteiger partial charge in [0.1, 0.15) is 11.8 Å².